The fourth-order valence-corrected chi connectivity index (χ4v) is 1.91. The van der Waals surface area contributed by atoms with Crippen molar-refractivity contribution in [2.24, 2.45) is 5.41 Å². The SMILES string of the molecule is C=C(CC)CC(C)(C=CC)CCCC.CC. The van der Waals surface area contributed by atoms with Gasteiger partial charge in [0.2, 0.25) is 0 Å². The van der Waals surface area contributed by atoms with Gasteiger partial charge < -0.3 is 0 Å². The Morgan fingerprint density at radius 1 is 1.25 bits per heavy atom. The molecule has 0 aliphatic carbocycles. The van der Waals surface area contributed by atoms with Crippen LogP contribution in [0.3, 0.4) is 0 Å². The molecule has 96 valence electrons. The van der Waals surface area contributed by atoms with Crippen molar-refractivity contribution in [3.8, 4) is 0 Å². The summed E-state index contributed by atoms with van der Waals surface area (Å²) >= 11 is 0. The van der Waals surface area contributed by atoms with E-state index >= 15 is 0 Å². The van der Waals surface area contributed by atoms with Crippen LogP contribution in [0.2, 0.25) is 0 Å². The lowest BCUT2D eigenvalue weighted by Crippen LogP contribution is -2.13. The Morgan fingerprint density at radius 2 is 1.81 bits per heavy atom. The number of allylic oxidation sites excluding steroid dienone is 3. The summed E-state index contributed by atoms with van der Waals surface area (Å²) in [5.41, 5.74) is 1.72. The molecule has 0 bridgehead atoms. The lowest BCUT2D eigenvalue weighted by Gasteiger charge is -2.26. The Morgan fingerprint density at radius 3 is 2.19 bits per heavy atom. The van der Waals surface area contributed by atoms with Gasteiger partial charge in [-0.05, 0) is 31.6 Å². The molecule has 16 heavy (non-hydrogen) atoms. The van der Waals surface area contributed by atoms with E-state index in [0.717, 1.165) is 12.8 Å². The van der Waals surface area contributed by atoms with E-state index < -0.39 is 0 Å². The molecule has 0 rings (SSSR count). The molecular weight excluding hydrogens is 192 g/mol. The van der Waals surface area contributed by atoms with Crippen LogP contribution in [0, 0.1) is 5.41 Å². The fourth-order valence-electron chi connectivity index (χ4n) is 1.91. The van der Waals surface area contributed by atoms with Gasteiger partial charge >= 0.3 is 0 Å². The minimum absolute atomic E-state index is 0.345. The number of hydrogen-bond acceptors (Lipinski definition) is 0. The van der Waals surface area contributed by atoms with Crippen LogP contribution in [0.25, 0.3) is 0 Å². The van der Waals surface area contributed by atoms with E-state index in [2.05, 4.69) is 46.4 Å². The number of hydrogen-bond donors (Lipinski definition) is 0. The zero-order valence-corrected chi connectivity index (χ0v) is 12.4. The van der Waals surface area contributed by atoms with Crippen molar-refractivity contribution in [2.75, 3.05) is 0 Å². The summed E-state index contributed by atoms with van der Waals surface area (Å²) in [5, 5.41) is 0. The van der Waals surface area contributed by atoms with Crippen LogP contribution in [0.1, 0.15) is 73.6 Å². The Hall–Kier alpha value is -0.520. The van der Waals surface area contributed by atoms with Crippen LogP contribution in [-0.2, 0) is 0 Å². The monoisotopic (exact) mass is 224 g/mol. The van der Waals surface area contributed by atoms with Gasteiger partial charge in [-0.3, -0.25) is 0 Å². The molecular formula is C16H32. The lowest BCUT2D eigenvalue weighted by atomic mass is 9.78. The Labute approximate surface area is 104 Å². The van der Waals surface area contributed by atoms with Crippen LogP contribution in [0.15, 0.2) is 24.3 Å². The Balaban J connectivity index is 0. The van der Waals surface area contributed by atoms with Crippen LogP contribution in [0.5, 0.6) is 0 Å². The zero-order valence-electron chi connectivity index (χ0n) is 12.4. The molecule has 0 spiro atoms. The molecule has 0 nitrogen and oxygen atoms in total. The van der Waals surface area contributed by atoms with Crippen molar-refractivity contribution >= 4 is 0 Å². The smallest absolute Gasteiger partial charge is 0.0110 e. The van der Waals surface area contributed by atoms with Crippen LogP contribution in [0.4, 0.5) is 0 Å². The van der Waals surface area contributed by atoms with Gasteiger partial charge in [-0.1, -0.05) is 71.8 Å². The average molecular weight is 224 g/mol. The zero-order chi connectivity index (χ0) is 13.0. The summed E-state index contributed by atoms with van der Waals surface area (Å²) < 4.78 is 0. The standard InChI is InChI=1S/C14H26.C2H6/c1-6-9-11-14(5,10-7-2)12-13(4)8-3;1-2/h7,10H,4,6,8-9,11-12H2,1-3,5H3;1-2H3. The molecule has 0 saturated carbocycles. The van der Waals surface area contributed by atoms with Crippen LogP contribution in [-0.4, -0.2) is 0 Å². The van der Waals surface area contributed by atoms with Gasteiger partial charge in [-0.2, -0.15) is 0 Å². The highest BCUT2D eigenvalue weighted by molar-refractivity contribution is 5.06. The van der Waals surface area contributed by atoms with Crippen molar-refractivity contribution in [3.05, 3.63) is 24.3 Å². The van der Waals surface area contributed by atoms with E-state index in [-0.39, 0.29) is 0 Å². The summed E-state index contributed by atoms with van der Waals surface area (Å²) in [6.07, 6.45) is 10.7. The van der Waals surface area contributed by atoms with E-state index in [1.54, 1.807) is 0 Å². The fraction of sp³-hybridized carbons (Fsp3) is 0.750. The maximum Gasteiger partial charge on any atom is -0.0110 e. The summed E-state index contributed by atoms with van der Waals surface area (Å²) in [7, 11) is 0. The first kappa shape index (κ1) is 17.9. The van der Waals surface area contributed by atoms with Crippen molar-refractivity contribution in [1.29, 1.82) is 0 Å². The van der Waals surface area contributed by atoms with E-state index in [4.69, 9.17) is 0 Å². The second-order valence-electron chi connectivity index (χ2n) is 4.54. The minimum atomic E-state index is 0.345. The normalized spacial score (nSPS) is 14.1. The second kappa shape index (κ2) is 11.0. The number of rotatable bonds is 7. The molecule has 0 aromatic heterocycles. The van der Waals surface area contributed by atoms with Gasteiger partial charge in [-0.25, -0.2) is 0 Å². The first-order valence-electron chi connectivity index (χ1n) is 6.88. The van der Waals surface area contributed by atoms with Crippen molar-refractivity contribution in [1.82, 2.24) is 0 Å². The predicted molar refractivity (Wildman–Crippen MR) is 77.8 cm³/mol. The number of unbranched alkanes of at least 4 members (excludes halogenated alkanes) is 1. The molecule has 0 saturated heterocycles. The molecule has 0 N–H and O–H groups in total. The third-order valence-electron chi connectivity index (χ3n) is 2.82. The third-order valence-corrected chi connectivity index (χ3v) is 2.82. The summed E-state index contributed by atoms with van der Waals surface area (Å²) in [5.74, 6) is 0. The van der Waals surface area contributed by atoms with Gasteiger partial charge in [0.05, 0.1) is 0 Å². The van der Waals surface area contributed by atoms with Crippen molar-refractivity contribution < 1.29 is 0 Å². The van der Waals surface area contributed by atoms with E-state index in [1.807, 2.05) is 13.8 Å². The highest BCUT2D eigenvalue weighted by atomic mass is 14.2. The summed E-state index contributed by atoms with van der Waals surface area (Å²) in [6, 6.07) is 0. The highest BCUT2D eigenvalue weighted by Gasteiger charge is 2.20. The summed E-state index contributed by atoms with van der Waals surface area (Å²) in [4.78, 5) is 0. The van der Waals surface area contributed by atoms with E-state index in [9.17, 15) is 0 Å². The average Bonchev–Trinajstić information content (AvgIpc) is 2.29. The lowest BCUT2D eigenvalue weighted by molar-refractivity contribution is 0.370. The molecule has 1 unspecified atom stereocenters. The van der Waals surface area contributed by atoms with Gasteiger partial charge in [0.1, 0.15) is 0 Å². The first-order valence-corrected chi connectivity index (χ1v) is 6.88. The van der Waals surface area contributed by atoms with Gasteiger partial charge in [0.15, 0.2) is 0 Å². The minimum Gasteiger partial charge on any atom is -0.0998 e. The second-order valence-corrected chi connectivity index (χ2v) is 4.54. The molecule has 0 fully saturated rings. The molecule has 1 atom stereocenters. The molecule has 0 amide bonds. The Kier molecular flexibility index (Phi) is 12.3. The highest BCUT2D eigenvalue weighted by Crippen LogP contribution is 2.33. The quantitative estimate of drug-likeness (QED) is 0.455. The molecule has 0 aromatic carbocycles. The third kappa shape index (κ3) is 8.76. The largest absolute Gasteiger partial charge is 0.0998 e. The maximum atomic E-state index is 4.11. The van der Waals surface area contributed by atoms with Crippen molar-refractivity contribution in [3.63, 3.8) is 0 Å². The topological polar surface area (TPSA) is 0 Å². The molecule has 0 heterocycles. The van der Waals surface area contributed by atoms with Crippen molar-refractivity contribution in [2.45, 2.75) is 73.6 Å². The molecule has 0 heteroatoms. The van der Waals surface area contributed by atoms with Crippen LogP contribution < -0.4 is 0 Å². The van der Waals surface area contributed by atoms with E-state index in [0.29, 0.717) is 5.41 Å². The molecule has 0 radical (unpaired) electrons. The summed E-state index contributed by atoms with van der Waals surface area (Å²) in [6.45, 7) is 17.0. The molecule has 0 aliphatic rings. The molecule has 0 aliphatic heterocycles. The van der Waals surface area contributed by atoms with Gasteiger partial charge in [0, 0.05) is 0 Å². The van der Waals surface area contributed by atoms with Gasteiger partial charge in [-0.15, -0.1) is 0 Å². The Bertz CT molecular complexity index is 188. The van der Waals surface area contributed by atoms with Crippen LogP contribution >= 0.6 is 0 Å². The predicted octanol–water partition coefficient (Wildman–Crippen LogP) is 6.14. The first-order chi connectivity index (χ1) is 7.58. The van der Waals surface area contributed by atoms with Gasteiger partial charge in [0.25, 0.3) is 0 Å². The maximum absolute atomic E-state index is 4.11. The molecule has 0 aromatic rings. The van der Waals surface area contributed by atoms with E-state index in [1.165, 1.54) is 24.8 Å².